The van der Waals surface area contributed by atoms with Crippen LogP contribution in [-0.2, 0) is 4.79 Å². The lowest BCUT2D eigenvalue weighted by molar-refractivity contribution is -0.125. The van der Waals surface area contributed by atoms with E-state index in [1.165, 1.54) is 19.6 Å². The van der Waals surface area contributed by atoms with Crippen molar-refractivity contribution in [3.63, 3.8) is 0 Å². The number of primary amides is 1. The zero-order valence-corrected chi connectivity index (χ0v) is 12.3. The number of hydrogen-bond donors (Lipinski definition) is 1. The molecule has 0 spiro atoms. The Labute approximate surface area is 124 Å². The number of nitrogens with two attached hydrogens (primary N) is 1. The van der Waals surface area contributed by atoms with E-state index < -0.39 is 5.91 Å². The quantitative estimate of drug-likeness (QED) is 0.872. The Kier molecular flexibility index (Phi) is 5.20. The fourth-order valence-electron chi connectivity index (χ4n) is 2.63. The summed E-state index contributed by atoms with van der Waals surface area (Å²) in [6.45, 7) is 0.0386. The van der Waals surface area contributed by atoms with Crippen molar-refractivity contribution in [3.05, 3.63) is 23.8 Å². The van der Waals surface area contributed by atoms with E-state index in [2.05, 4.69) is 0 Å². The number of carbonyl (C=O) groups is 2. The van der Waals surface area contributed by atoms with Crippen molar-refractivity contribution in [3.8, 4) is 11.5 Å². The molecule has 2 N–H and O–H groups in total. The normalized spacial score (nSPS) is 15.5. The molecule has 5 heteroatoms. The van der Waals surface area contributed by atoms with Crippen molar-refractivity contribution in [2.75, 3.05) is 13.7 Å². The first kappa shape index (κ1) is 15.4. The van der Waals surface area contributed by atoms with Gasteiger partial charge in [-0.05, 0) is 31.0 Å². The number of ketones is 1. The van der Waals surface area contributed by atoms with Gasteiger partial charge in [0, 0.05) is 11.5 Å². The van der Waals surface area contributed by atoms with Crippen molar-refractivity contribution < 1.29 is 19.1 Å². The third-order valence-corrected chi connectivity index (χ3v) is 3.88. The Balaban J connectivity index is 1.98. The minimum absolute atomic E-state index is 0.0386. The fraction of sp³-hybridized carbons (Fsp3) is 0.500. The number of methoxy groups -OCH3 is 1. The Morgan fingerprint density at radius 3 is 2.52 bits per heavy atom. The number of Topliss-reactive ketones (excluding diaryl/α,β-unsaturated/α-hetero) is 1. The van der Waals surface area contributed by atoms with Gasteiger partial charge in [0.2, 0.25) is 5.91 Å². The van der Waals surface area contributed by atoms with Crippen LogP contribution in [-0.4, -0.2) is 25.4 Å². The van der Waals surface area contributed by atoms with Gasteiger partial charge in [-0.3, -0.25) is 9.59 Å². The molecule has 1 amide bonds. The van der Waals surface area contributed by atoms with Crippen LogP contribution in [0.15, 0.2) is 18.2 Å². The third kappa shape index (κ3) is 3.97. The Hall–Kier alpha value is -2.04. The van der Waals surface area contributed by atoms with Crippen molar-refractivity contribution in [2.24, 2.45) is 11.7 Å². The van der Waals surface area contributed by atoms with Crippen molar-refractivity contribution in [1.29, 1.82) is 0 Å². The topological polar surface area (TPSA) is 78.6 Å². The largest absolute Gasteiger partial charge is 0.493 e. The van der Waals surface area contributed by atoms with E-state index in [1.54, 1.807) is 12.1 Å². The van der Waals surface area contributed by atoms with E-state index in [9.17, 15) is 9.59 Å². The molecule has 1 fully saturated rings. The maximum absolute atomic E-state index is 12.1. The van der Waals surface area contributed by atoms with Crippen molar-refractivity contribution in [1.82, 2.24) is 0 Å². The van der Waals surface area contributed by atoms with Crippen LogP contribution in [0.5, 0.6) is 11.5 Å². The van der Waals surface area contributed by atoms with Gasteiger partial charge in [-0.1, -0.05) is 19.3 Å². The summed E-state index contributed by atoms with van der Waals surface area (Å²) >= 11 is 0. The molecule has 1 aromatic rings. The first-order chi connectivity index (χ1) is 10.1. The summed E-state index contributed by atoms with van der Waals surface area (Å²) in [4.78, 5) is 23.2. The summed E-state index contributed by atoms with van der Waals surface area (Å²) in [5.74, 6) is 0.581. The summed E-state index contributed by atoms with van der Waals surface area (Å²) in [6.07, 6.45) is 5.37. The van der Waals surface area contributed by atoms with E-state index in [-0.39, 0.29) is 18.3 Å². The minimum Gasteiger partial charge on any atom is -0.493 e. The van der Waals surface area contributed by atoms with Gasteiger partial charge in [0.25, 0.3) is 0 Å². The maximum Gasteiger partial charge on any atom is 0.248 e. The second-order valence-electron chi connectivity index (χ2n) is 5.32. The Morgan fingerprint density at radius 1 is 1.19 bits per heavy atom. The lowest BCUT2D eigenvalue weighted by Gasteiger charge is -2.20. The maximum atomic E-state index is 12.1. The van der Waals surface area contributed by atoms with Crippen LogP contribution in [0.3, 0.4) is 0 Å². The molecule has 1 saturated carbocycles. The molecule has 0 radical (unpaired) electrons. The molecule has 0 atom stereocenters. The molecule has 0 aromatic heterocycles. The van der Waals surface area contributed by atoms with Crippen molar-refractivity contribution >= 4 is 11.7 Å². The van der Waals surface area contributed by atoms with Gasteiger partial charge >= 0.3 is 0 Å². The minimum atomic E-state index is -0.530. The summed E-state index contributed by atoms with van der Waals surface area (Å²) in [5, 5.41) is 0. The Morgan fingerprint density at radius 2 is 1.90 bits per heavy atom. The molecule has 0 saturated heterocycles. The predicted octanol–water partition coefficient (Wildman–Crippen LogP) is 2.32. The second-order valence-corrected chi connectivity index (χ2v) is 5.32. The number of benzene rings is 1. The SMILES string of the molecule is COc1cc(C(N)=O)ccc1OCC(=O)C1CCCCC1. The van der Waals surface area contributed by atoms with E-state index in [1.807, 2.05) is 0 Å². The van der Waals surface area contributed by atoms with Gasteiger partial charge in [0.15, 0.2) is 17.3 Å². The van der Waals surface area contributed by atoms with Crippen LogP contribution in [0.25, 0.3) is 0 Å². The van der Waals surface area contributed by atoms with Gasteiger partial charge in [0.1, 0.15) is 6.61 Å². The third-order valence-electron chi connectivity index (χ3n) is 3.88. The summed E-state index contributed by atoms with van der Waals surface area (Å²) in [5.41, 5.74) is 5.56. The van der Waals surface area contributed by atoms with Crippen LogP contribution in [0.1, 0.15) is 42.5 Å². The van der Waals surface area contributed by atoms with Crippen LogP contribution in [0, 0.1) is 5.92 Å². The molecule has 0 bridgehead atoms. The highest BCUT2D eigenvalue weighted by atomic mass is 16.5. The average molecular weight is 291 g/mol. The summed E-state index contributed by atoms with van der Waals surface area (Å²) in [6, 6.07) is 4.68. The van der Waals surface area contributed by atoms with E-state index in [0.717, 1.165) is 25.7 Å². The molecule has 2 rings (SSSR count). The number of carbonyl (C=O) groups excluding carboxylic acids is 2. The molecule has 114 valence electrons. The molecular formula is C16H21NO4. The van der Waals surface area contributed by atoms with E-state index >= 15 is 0 Å². The van der Waals surface area contributed by atoms with Gasteiger partial charge < -0.3 is 15.2 Å². The number of amides is 1. The van der Waals surface area contributed by atoms with Crippen molar-refractivity contribution in [2.45, 2.75) is 32.1 Å². The molecule has 0 aliphatic heterocycles. The molecule has 1 aromatic carbocycles. The Bertz CT molecular complexity index is 521. The van der Waals surface area contributed by atoms with Gasteiger partial charge in [-0.2, -0.15) is 0 Å². The molecule has 0 heterocycles. The van der Waals surface area contributed by atoms with E-state index in [0.29, 0.717) is 17.1 Å². The standard InChI is InChI=1S/C16H21NO4/c1-20-15-9-12(16(17)19)7-8-14(15)21-10-13(18)11-5-3-2-4-6-11/h7-9,11H,2-6,10H2,1H3,(H2,17,19). The zero-order chi connectivity index (χ0) is 15.2. The van der Waals surface area contributed by atoms with Crippen LogP contribution >= 0.6 is 0 Å². The highest BCUT2D eigenvalue weighted by molar-refractivity contribution is 5.93. The van der Waals surface area contributed by atoms with Gasteiger partial charge in [0.05, 0.1) is 7.11 Å². The molecule has 1 aliphatic carbocycles. The molecule has 0 unspecified atom stereocenters. The smallest absolute Gasteiger partial charge is 0.248 e. The van der Waals surface area contributed by atoms with E-state index in [4.69, 9.17) is 15.2 Å². The first-order valence-corrected chi connectivity index (χ1v) is 7.25. The monoisotopic (exact) mass is 291 g/mol. The first-order valence-electron chi connectivity index (χ1n) is 7.25. The number of rotatable bonds is 6. The van der Waals surface area contributed by atoms with Gasteiger partial charge in [-0.25, -0.2) is 0 Å². The highest BCUT2D eigenvalue weighted by Gasteiger charge is 2.21. The average Bonchev–Trinajstić information content (AvgIpc) is 2.53. The molecule has 1 aliphatic rings. The second kappa shape index (κ2) is 7.11. The summed E-state index contributed by atoms with van der Waals surface area (Å²) < 4.78 is 10.7. The lowest BCUT2D eigenvalue weighted by atomic mass is 9.86. The lowest BCUT2D eigenvalue weighted by Crippen LogP contribution is -2.23. The van der Waals surface area contributed by atoms with Crippen LogP contribution in [0.2, 0.25) is 0 Å². The van der Waals surface area contributed by atoms with Gasteiger partial charge in [-0.15, -0.1) is 0 Å². The molecule has 5 nitrogen and oxygen atoms in total. The molecular weight excluding hydrogens is 270 g/mol. The highest BCUT2D eigenvalue weighted by Crippen LogP contribution is 2.29. The zero-order valence-electron chi connectivity index (χ0n) is 12.3. The van der Waals surface area contributed by atoms with Crippen LogP contribution < -0.4 is 15.2 Å². The number of ether oxygens (including phenoxy) is 2. The fourth-order valence-corrected chi connectivity index (χ4v) is 2.63. The predicted molar refractivity (Wildman–Crippen MR) is 78.6 cm³/mol. The summed E-state index contributed by atoms with van der Waals surface area (Å²) in [7, 11) is 1.48. The number of hydrogen-bond acceptors (Lipinski definition) is 4. The van der Waals surface area contributed by atoms with Crippen LogP contribution in [0.4, 0.5) is 0 Å². The molecule has 21 heavy (non-hydrogen) atoms.